The quantitative estimate of drug-likeness (QED) is 0.405. The summed E-state index contributed by atoms with van der Waals surface area (Å²) in [6.07, 6.45) is 2.05. The van der Waals surface area contributed by atoms with E-state index < -0.39 is 0 Å². The van der Waals surface area contributed by atoms with Crippen molar-refractivity contribution in [2.24, 2.45) is 10.2 Å². The maximum atomic E-state index is 11.0. The summed E-state index contributed by atoms with van der Waals surface area (Å²) in [7, 11) is 2.02. The zero-order valence-electron chi connectivity index (χ0n) is 16.5. The van der Waals surface area contributed by atoms with E-state index in [0.717, 1.165) is 46.8 Å². The van der Waals surface area contributed by atoms with Crippen molar-refractivity contribution in [1.29, 1.82) is 0 Å². The number of azo groups is 1. The van der Waals surface area contributed by atoms with Crippen molar-refractivity contribution in [3.8, 4) is 0 Å². The molecule has 6 heteroatoms. The highest BCUT2D eigenvalue weighted by Gasteiger charge is 2.10. The molecular weight excluding hydrogens is 368 g/mol. The van der Waals surface area contributed by atoms with Gasteiger partial charge in [0.25, 0.3) is 0 Å². The molecule has 0 unspecified atom stereocenters. The highest BCUT2D eigenvalue weighted by molar-refractivity contribution is 8.13. The number of aryl methyl sites for hydroxylation is 1. The number of nitrogens with zero attached hydrogens (tertiary/aromatic N) is 4. The lowest BCUT2D eigenvalue weighted by molar-refractivity contribution is -0.667. The van der Waals surface area contributed by atoms with Gasteiger partial charge in [0.05, 0.1) is 11.1 Å². The molecule has 0 radical (unpaired) electrons. The van der Waals surface area contributed by atoms with E-state index in [1.807, 2.05) is 55.7 Å². The van der Waals surface area contributed by atoms with Crippen molar-refractivity contribution >= 4 is 44.8 Å². The largest absolute Gasteiger partial charge is 0.374 e. The van der Waals surface area contributed by atoms with Crippen LogP contribution in [-0.2, 0) is 11.3 Å². The Balaban J connectivity index is 1.73. The zero-order chi connectivity index (χ0) is 19.9. The monoisotopic (exact) mass is 393 g/mol. The number of thioether (sulfide) groups is 1. The van der Waals surface area contributed by atoms with Gasteiger partial charge >= 0.3 is 0 Å². The smallest absolute Gasteiger partial charge is 0.214 e. The van der Waals surface area contributed by atoms with E-state index in [-0.39, 0.29) is 5.12 Å². The van der Waals surface area contributed by atoms with Crippen molar-refractivity contribution in [3.63, 3.8) is 0 Å². The van der Waals surface area contributed by atoms with E-state index in [1.54, 1.807) is 6.92 Å². The Kier molecular flexibility index (Phi) is 6.76. The molecule has 2 aromatic carbocycles. The number of hydrogen-bond acceptors (Lipinski definition) is 5. The van der Waals surface area contributed by atoms with E-state index in [9.17, 15) is 4.79 Å². The Hall–Kier alpha value is -2.73. The first-order valence-corrected chi connectivity index (χ1v) is 10.3. The van der Waals surface area contributed by atoms with Crippen molar-refractivity contribution in [2.75, 3.05) is 24.2 Å². The van der Waals surface area contributed by atoms with E-state index in [0.29, 0.717) is 0 Å². The minimum Gasteiger partial charge on any atom is -0.374 e. The summed E-state index contributed by atoms with van der Waals surface area (Å²) in [5.41, 5.74) is 3.92. The Morgan fingerprint density at radius 2 is 1.82 bits per heavy atom. The molecular formula is C22H25N4OS+. The van der Waals surface area contributed by atoms with Gasteiger partial charge in [-0.1, -0.05) is 23.9 Å². The third-order valence-electron chi connectivity index (χ3n) is 4.54. The molecule has 28 heavy (non-hydrogen) atoms. The molecule has 0 N–H and O–H groups in total. The number of carbonyl (C=O) groups is 1. The second-order valence-electron chi connectivity index (χ2n) is 6.48. The number of carbonyl (C=O) groups excluding carboxylic acids is 1. The molecule has 0 atom stereocenters. The molecule has 0 amide bonds. The summed E-state index contributed by atoms with van der Waals surface area (Å²) < 4.78 is 2.20. The van der Waals surface area contributed by atoms with Crippen molar-refractivity contribution in [3.05, 3.63) is 60.8 Å². The van der Waals surface area contributed by atoms with Crippen molar-refractivity contribution in [2.45, 2.75) is 20.4 Å². The second-order valence-corrected chi connectivity index (χ2v) is 7.75. The predicted octanol–water partition coefficient (Wildman–Crippen LogP) is 5.28. The molecule has 3 aromatic rings. The third-order valence-corrected chi connectivity index (χ3v) is 5.33. The first kappa shape index (κ1) is 20.0. The van der Waals surface area contributed by atoms with E-state index >= 15 is 0 Å². The van der Waals surface area contributed by atoms with Crippen LogP contribution in [0.5, 0.6) is 0 Å². The number of hydrogen-bond donors (Lipinski definition) is 0. The number of fused-ring (bicyclic) bond motifs is 1. The Bertz CT molecular complexity index is 985. The normalized spacial score (nSPS) is 11.2. The van der Waals surface area contributed by atoms with E-state index in [4.69, 9.17) is 0 Å². The summed E-state index contributed by atoms with van der Waals surface area (Å²) in [6.45, 7) is 5.46. The van der Waals surface area contributed by atoms with Gasteiger partial charge in [0, 0.05) is 44.1 Å². The average Bonchev–Trinajstić information content (AvgIpc) is 2.72. The molecule has 0 bridgehead atoms. The summed E-state index contributed by atoms with van der Waals surface area (Å²) in [4.78, 5) is 13.2. The van der Waals surface area contributed by atoms with E-state index in [2.05, 4.69) is 38.8 Å². The van der Waals surface area contributed by atoms with Gasteiger partial charge < -0.3 is 4.90 Å². The van der Waals surface area contributed by atoms with Crippen LogP contribution >= 0.6 is 11.8 Å². The van der Waals surface area contributed by atoms with Gasteiger partial charge in [-0.05, 0) is 37.3 Å². The topological polar surface area (TPSA) is 48.9 Å². The maximum Gasteiger partial charge on any atom is 0.214 e. The Morgan fingerprint density at radius 3 is 2.54 bits per heavy atom. The number of para-hydroxylation sites is 1. The molecule has 0 aliphatic rings. The van der Waals surface area contributed by atoms with Crippen LogP contribution in [0.25, 0.3) is 10.9 Å². The number of anilines is 1. The third kappa shape index (κ3) is 4.95. The molecule has 0 saturated heterocycles. The minimum atomic E-state index is 0.155. The van der Waals surface area contributed by atoms with Gasteiger partial charge in [0.1, 0.15) is 12.2 Å². The molecule has 144 valence electrons. The van der Waals surface area contributed by atoms with Crippen molar-refractivity contribution < 1.29 is 9.36 Å². The van der Waals surface area contributed by atoms with Crippen molar-refractivity contribution in [1.82, 2.24) is 0 Å². The first-order valence-electron chi connectivity index (χ1n) is 9.36. The van der Waals surface area contributed by atoms with Gasteiger partial charge in [-0.25, -0.2) is 0 Å². The standard InChI is InChI=1S/C22H25N4OS/c1-4-26-14-13-21(20-7-5-6-8-22(20)26)24-23-18-9-11-19(12-10-18)25(3)15-16-28-17(2)27/h5-14H,4,15-16H2,1-3H3/q+1. The second kappa shape index (κ2) is 9.46. The van der Waals surface area contributed by atoms with Crippen LogP contribution in [0, 0.1) is 0 Å². The highest BCUT2D eigenvalue weighted by Crippen LogP contribution is 2.26. The van der Waals surface area contributed by atoms with Crippen LogP contribution in [0.3, 0.4) is 0 Å². The van der Waals surface area contributed by atoms with Gasteiger partial charge in [0.2, 0.25) is 5.52 Å². The Morgan fingerprint density at radius 1 is 1.07 bits per heavy atom. The number of aromatic nitrogens is 1. The molecule has 0 aliphatic carbocycles. The summed E-state index contributed by atoms with van der Waals surface area (Å²) >= 11 is 1.35. The molecule has 3 rings (SSSR count). The fourth-order valence-corrected chi connectivity index (χ4v) is 3.63. The number of rotatable bonds is 7. The molecule has 1 heterocycles. The van der Waals surface area contributed by atoms with Crippen LogP contribution in [0.1, 0.15) is 13.8 Å². The summed E-state index contributed by atoms with van der Waals surface area (Å²) in [6, 6.07) is 18.2. The summed E-state index contributed by atoms with van der Waals surface area (Å²) in [5.74, 6) is 0.784. The zero-order valence-corrected chi connectivity index (χ0v) is 17.3. The van der Waals surface area contributed by atoms with Gasteiger partial charge in [0.15, 0.2) is 11.3 Å². The fraction of sp³-hybridized carbons (Fsp3) is 0.273. The Labute approximate surface area is 170 Å². The average molecular weight is 394 g/mol. The number of pyridine rings is 1. The molecule has 5 nitrogen and oxygen atoms in total. The van der Waals surface area contributed by atoms with Crippen LogP contribution in [0.2, 0.25) is 0 Å². The molecule has 0 aliphatic heterocycles. The SMILES string of the molecule is CC[n+]1ccc(/N=N/c2ccc(N(C)CCSC(C)=O)cc2)c2ccccc21. The van der Waals surface area contributed by atoms with Crippen LogP contribution in [0.4, 0.5) is 17.1 Å². The lowest BCUT2D eigenvalue weighted by atomic mass is 10.2. The van der Waals surface area contributed by atoms with Gasteiger partial charge in [-0.2, -0.15) is 9.68 Å². The van der Waals surface area contributed by atoms with Gasteiger partial charge in [-0.3, -0.25) is 4.79 Å². The number of benzene rings is 2. The lowest BCUT2D eigenvalue weighted by Gasteiger charge is -2.18. The lowest BCUT2D eigenvalue weighted by Crippen LogP contribution is -2.32. The molecule has 0 spiro atoms. The van der Waals surface area contributed by atoms with Crippen LogP contribution in [0.15, 0.2) is 71.0 Å². The molecule has 0 fully saturated rings. The van der Waals surface area contributed by atoms with Gasteiger partial charge in [-0.15, -0.1) is 5.11 Å². The van der Waals surface area contributed by atoms with E-state index in [1.165, 1.54) is 11.8 Å². The van der Waals surface area contributed by atoms with Crippen LogP contribution in [-0.4, -0.2) is 24.5 Å². The minimum absolute atomic E-state index is 0.155. The van der Waals surface area contributed by atoms with Crippen LogP contribution < -0.4 is 9.47 Å². The first-order chi connectivity index (χ1) is 13.6. The molecule has 0 saturated carbocycles. The summed E-state index contributed by atoms with van der Waals surface area (Å²) in [5, 5.41) is 10.1. The molecule has 1 aromatic heterocycles. The predicted molar refractivity (Wildman–Crippen MR) is 117 cm³/mol. The highest BCUT2D eigenvalue weighted by atomic mass is 32.2. The maximum absolute atomic E-state index is 11.0. The fourth-order valence-electron chi connectivity index (χ4n) is 2.98.